The van der Waals surface area contributed by atoms with Gasteiger partial charge in [-0.3, -0.25) is 14.3 Å². The van der Waals surface area contributed by atoms with Gasteiger partial charge in [0.15, 0.2) is 6.61 Å². The minimum atomic E-state index is -0.416. The number of hydrogen-bond donors (Lipinski definition) is 0. The lowest BCUT2D eigenvalue weighted by atomic mass is 10.1. The van der Waals surface area contributed by atoms with Gasteiger partial charge in [0.05, 0.1) is 12.1 Å². The average molecular weight is 386 g/mol. The Labute approximate surface area is 167 Å². The second-order valence-corrected chi connectivity index (χ2v) is 7.76. The highest BCUT2D eigenvalue weighted by Gasteiger charge is 2.21. The number of hydrogen-bond acceptors (Lipinski definition) is 4. The molecule has 0 aliphatic heterocycles. The molecule has 0 aliphatic rings. The number of carbonyl (C=O) groups excluding carboxylic acids is 2. The van der Waals surface area contributed by atoms with Gasteiger partial charge in [-0.25, -0.2) is 0 Å². The standard InChI is InChI=1S/C22H31N3O3/c1-15(2)13-24-18(6)20(17(5)23-24)12-22(27)28-14-21(26)25(16(3)4)19-10-8-7-9-11-19/h7-11,15-16H,12-14H2,1-6H3. The first-order valence-electron chi connectivity index (χ1n) is 9.76. The largest absolute Gasteiger partial charge is 0.455 e. The molecule has 0 saturated heterocycles. The fraction of sp³-hybridized carbons (Fsp3) is 0.500. The van der Waals surface area contributed by atoms with E-state index in [1.54, 1.807) is 4.90 Å². The minimum absolute atomic E-state index is 0.0349. The maximum absolute atomic E-state index is 12.6. The highest BCUT2D eigenvalue weighted by Crippen LogP contribution is 2.18. The number of para-hydroxylation sites is 1. The molecule has 0 radical (unpaired) electrons. The van der Waals surface area contributed by atoms with Crippen LogP contribution in [-0.2, 0) is 27.3 Å². The van der Waals surface area contributed by atoms with Gasteiger partial charge in [-0.15, -0.1) is 0 Å². The van der Waals surface area contributed by atoms with E-state index < -0.39 is 5.97 Å². The van der Waals surface area contributed by atoms with Crippen LogP contribution in [-0.4, -0.2) is 34.3 Å². The molecule has 2 rings (SSSR count). The number of ether oxygens (including phenoxy) is 1. The molecule has 2 aromatic rings. The maximum atomic E-state index is 12.6. The Hall–Kier alpha value is -2.63. The van der Waals surface area contributed by atoms with E-state index in [0.717, 1.165) is 29.2 Å². The molecule has 1 aromatic carbocycles. The van der Waals surface area contributed by atoms with Crippen molar-refractivity contribution in [3.63, 3.8) is 0 Å². The van der Waals surface area contributed by atoms with Gasteiger partial charge in [0.2, 0.25) is 0 Å². The van der Waals surface area contributed by atoms with Crippen molar-refractivity contribution >= 4 is 17.6 Å². The van der Waals surface area contributed by atoms with Crippen molar-refractivity contribution < 1.29 is 14.3 Å². The first-order valence-corrected chi connectivity index (χ1v) is 9.76. The molecule has 0 aliphatic carbocycles. The van der Waals surface area contributed by atoms with Crippen LogP contribution in [0.5, 0.6) is 0 Å². The number of rotatable bonds is 8. The minimum Gasteiger partial charge on any atom is -0.455 e. The smallest absolute Gasteiger partial charge is 0.310 e. The van der Waals surface area contributed by atoms with Crippen LogP contribution in [0.25, 0.3) is 0 Å². The van der Waals surface area contributed by atoms with Crippen LogP contribution < -0.4 is 4.90 Å². The lowest BCUT2D eigenvalue weighted by Gasteiger charge is -2.26. The van der Waals surface area contributed by atoms with E-state index >= 15 is 0 Å². The lowest BCUT2D eigenvalue weighted by molar-refractivity contribution is -0.147. The van der Waals surface area contributed by atoms with Crippen LogP contribution >= 0.6 is 0 Å². The molecule has 152 valence electrons. The summed E-state index contributed by atoms with van der Waals surface area (Å²) in [5.74, 6) is -0.186. The number of anilines is 1. The Bertz CT molecular complexity index is 810. The molecule has 6 nitrogen and oxygen atoms in total. The molecule has 28 heavy (non-hydrogen) atoms. The van der Waals surface area contributed by atoms with Crippen molar-refractivity contribution in [2.45, 2.75) is 60.5 Å². The topological polar surface area (TPSA) is 64.4 Å². The number of esters is 1. The Balaban J connectivity index is 2.00. The summed E-state index contributed by atoms with van der Waals surface area (Å²) in [6.07, 6.45) is 0.121. The van der Waals surface area contributed by atoms with E-state index in [0.29, 0.717) is 5.92 Å². The van der Waals surface area contributed by atoms with Gasteiger partial charge in [0.1, 0.15) is 0 Å². The Morgan fingerprint density at radius 3 is 2.32 bits per heavy atom. The molecular weight excluding hydrogens is 354 g/mol. The fourth-order valence-corrected chi connectivity index (χ4v) is 3.24. The van der Waals surface area contributed by atoms with Crippen LogP contribution in [0.15, 0.2) is 30.3 Å². The number of nitrogens with zero attached hydrogens (tertiary/aromatic N) is 3. The third-order valence-corrected chi connectivity index (χ3v) is 4.57. The molecule has 0 atom stereocenters. The van der Waals surface area contributed by atoms with Crippen LogP contribution in [0, 0.1) is 19.8 Å². The summed E-state index contributed by atoms with van der Waals surface area (Å²) < 4.78 is 7.23. The molecule has 0 N–H and O–H groups in total. The summed E-state index contributed by atoms with van der Waals surface area (Å²) in [6.45, 7) is 12.5. The number of carbonyl (C=O) groups is 2. The van der Waals surface area contributed by atoms with Gasteiger partial charge in [-0.1, -0.05) is 32.0 Å². The summed E-state index contributed by atoms with van der Waals surface area (Å²) in [6, 6.07) is 9.36. The number of aromatic nitrogens is 2. The van der Waals surface area contributed by atoms with E-state index in [9.17, 15) is 9.59 Å². The predicted octanol–water partition coefficient (Wildman–Crippen LogP) is 3.68. The second kappa shape index (κ2) is 9.53. The molecule has 0 saturated carbocycles. The van der Waals surface area contributed by atoms with Crippen molar-refractivity contribution in [1.82, 2.24) is 9.78 Å². The molecule has 1 amide bonds. The molecule has 0 spiro atoms. The first kappa shape index (κ1) is 21.7. The van der Waals surface area contributed by atoms with E-state index in [-0.39, 0.29) is 25.0 Å². The van der Waals surface area contributed by atoms with Gasteiger partial charge >= 0.3 is 5.97 Å². The molecule has 0 fully saturated rings. The molecular formula is C22H31N3O3. The summed E-state index contributed by atoms with van der Waals surface area (Å²) in [5, 5.41) is 4.52. The average Bonchev–Trinajstić information content (AvgIpc) is 2.87. The molecule has 0 bridgehead atoms. The number of aryl methyl sites for hydroxylation is 1. The summed E-state index contributed by atoms with van der Waals surface area (Å²) in [4.78, 5) is 26.6. The van der Waals surface area contributed by atoms with Crippen molar-refractivity contribution in [2.75, 3.05) is 11.5 Å². The number of amides is 1. The van der Waals surface area contributed by atoms with Gasteiger partial charge in [0, 0.05) is 29.5 Å². The zero-order valence-corrected chi connectivity index (χ0v) is 17.7. The zero-order valence-electron chi connectivity index (χ0n) is 17.7. The van der Waals surface area contributed by atoms with Gasteiger partial charge in [-0.05, 0) is 45.7 Å². The summed E-state index contributed by atoms with van der Waals surface area (Å²) in [7, 11) is 0. The van der Waals surface area contributed by atoms with Gasteiger partial charge in [-0.2, -0.15) is 5.10 Å². The van der Waals surface area contributed by atoms with E-state index in [4.69, 9.17) is 4.74 Å². The Kier molecular flexibility index (Phi) is 7.38. The van der Waals surface area contributed by atoms with Gasteiger partial charge < -0.3 is 9.64 Å². The zero-order chi connectivity index (χ0) is 20.8. The molecule has 0 unspecified atom stereocenters. The van der Waals surface area contributed by atoms with Crippen LogP contribution in [0.3, 0.4) is 0 Å². The van der Waals surface area contributed by atoms with Gasteiger partial charge in [0.25, 0.3) is 5.91 Å². The molecule has 1 aromatic heterocycles. The highest BCUT2D eigenvalue weighted by molar-refractivity contribution is 5.95. The normalized spacial score (nSPS) is 11.1. The summed E-state index contributed by atoms with van der Waals surface area (Å²) >= 11 is 0. The summed E-state index contributed by atoms with van der Waals surface area (Å²) in [5.41, 5.74) is 3.47. The lowest BCUT2D eigenvalue weighted by Crippen LogP contribution is -2.40. The van der Waals surface area contributed by atoms with Crippen LogP contribution in [0.4, 0.5) is 5.69 Å². The Morgan fingerprint density at radius 2 is 1.75 bits per heavy atom. The van der Waals surface area contributed by atoms with E-state index in [2.05, 4.69) is 18.9 Å². The Morgan fingerprint density at radius 1 is 1.11 bits per heavy atom. The van der Waals surface area contributed by atoms with E-state index in [1.807, 2.05) is 62.7 Å². The SMILES string of the molecule is Cc1nn(CC(C)C)c(C)c1CC(=O)OCC(=O)N(c1ccccc1)C(C)C. The monoisotopic (exact) mass is 385 g/mol. The fourth-order valence-electron chi connectivity index (χ4n) is 3.24. The van der Waals surface area contributed by atoms with Crippen LogP contribution in [0.1, 0.15) is 44.6 Å². The van der Waals surface area contributed by atoms with Crippen molar-refractivity contribution in [3.8, 4) is 0 Å². The van der Waals surface area contributed by atoms with Crippen molar-refractivity contribution in [3.05, 3.63) is 47.3 Å². The number of benzene rings is 1. The highest BCUT2D eigenvalue weighted by atomic mass is 16.5. The molecule has 1 heterocycles. The van der Waals surface area contributed by atoms with E-state index in [1.165, 1.54) is 0 Å². The third-order valence-electron chi connectivity index (χ3n) is 4.57. The predicted molar refractivity (Wildman–Crippen MR) is 110 cm³/mol. The third kappa shape index (κ3) is 5.44. The maximum Gasteiger partial charge on any atom is 0.310 e. The van der Waals surface area contributed by atoms with Crippen LogP contribution in [0.2, 0.25) is 0 Å². The van der Waals surface area contributed by atoms with Crippen molar-refractivity contribution in [1.29, 1.82) is 0 Å². The second-order valence-electron chi connectivity index (χ2n) is 7.76. The van der Waals surface area contributed by atoms with Crippen molar-refractivity contribution in [2.24, 2.45) is 5.92 Å². The first-order chi connectivity index (χ1) is 13.2. The quantitative estimate of drug-likeness (QED) is 0.650. The molecule has 6 heteroatoms.